The summed E-state index contributed by atoms with van der Waals surface area (Å²) in [5, 5.41) is 0. The second kappa shape index (κ2) is 12.4. The third-order valence-corrected chi connectivity index (χ3v) is 6.80. The van der Waals surface area contributed by atoms with E-state index in [1.54, 1.807) is 91.0 Å². The van der Waals surface area contributed by atoms with Crippen molar-refractivity contribution in [2.45, 2.75) is 18.3 Å². The Kier molecular flexibility index (Phi) is 7.95. The molecule has 0 saturated carbocycles. The number of rotatable bonds is 8. The number of aromatic amines is 1. The lowest BCUT2D eigenvalue weighted by Crippen LogP contribution is -2.49. The fourth-order valence-electron chi connectivity index (χ4n) is 4.65. The lowest BCUT2D eigenvalue weighted by molar-refractivity contribution is -0.0920. The number of hydrogen-bond donors (Lipinski definition) is 1. The topological polar surface area (TPSA) is 117 Å². The molecule has 4 aromatic carbocycles. The minimum absolute atomic E-state index is 0.245. The van der Waals surface area contributed by atoms with Gasteiger partial charge in [-0.2, -0.15) is 0 Å². The van der Waals surface area contributed by atoms with Crippen LogP contribution in [-0.4, -0.2) is 52.8 Å². The first-order chi connectivity index (χ1) is 21.0. The number of nitrogens with zero attached hydrogens (tertiary/aromatic N) is 1. The van der Waals surface area contributed by atoms with E-state index in [1.165, 1.54) is 6.08 Å². The average molecular weight is 575 g/mol. The first kappa shape index (κ1) is 27.5. The molecule has 5 aromatic rings. The van der Waals surface area contributed by atoms with E-state index >= 15 is 0 Å². The molecule has 0 amide bonds. The van der Waals surface area contributed by atoms with E-state index < -0.39 is 36.2 Å². The predicted molar refractivity (Wildman–Crippen MR) is 157 cm³/mol. The van der Waals surface area contributed by atoms with Gasteiger partial charge in [-0.3, -0.25) is 0 Å². The van der Waals surface area contributed by atoms with Crippen LogP contribution >= 0.6 is 0 Å². The van der Waals surface area contributed by atoms with Gasteiger partial charge >= 0.3 is 17.9 Å². The van der Waals surface area contributed by atoms with E-state index in [0.717, 1.165) is 5.52 Å². The van der Waals surface area contributed by atoms with Crippen LogP contribution in [0.2, 0.25) is 0 Å². The van der Waals surface area contributed by atoms with Crippen LogP contribution in [0.1, 0.15) is 36.9 Å². The van der Waals surface area contributed by atoms with Crippen molar-refractivity contribution >= 4 is 34.7 Å². The number of hydrogen-bond acceptors (Lipinski definition) is 8. The summed E-state index contributed by atoms with van der Waals surface area (Å²) in [5.41, 5.74) is 2.42. The van der Waals surface area contributed by atoms with E-state index in [0.29, 0.717) is 28.0 Å². The molecule has 0 unspecified atom stereocenters. The molecule has 0 bridgehead atoms. The zero-order valence-corrected chi connectivity index (χ0v) is 22.8. The van der Waals surface area contributed by atoms with E-state index in [4.69, 9.17) is 18.9 Å². The molecule has 6 rings (SSSR count). The van der Waals surface area contributed by atoms with Gasteiger partial charge in [0.1, 0.15) is 6.61 Å². The second-order valence-electron chi connectivity index (χ2n) is 9.73. The summed E-state index contributed by atoms with van der Waals surface area (Å²) in [6, 6.07) is 32.8. The van der Waals surface area contributed by atoms with Crippen molar-refractivity contribution in [3.8, 4) is 0 Å². The van der Waals surface area contributed by atoms with Gasteiger partial charge < -0.3 is 23.9 Å². The quantitative estimate of drug-likeness (QED) is 0.188. The van der Waals surface area contributed by atoms with Crippen LogP contribution in [0.15, 0.2) is 121 Å². The van der Waals surface area contributed by atoms with Crippen molar-refractivity contribution in [1.82, 2.24) is 9.97 Å². The van der Waals surface area contributed by atoms with Crippen molar-refractivity contribution in [2.75, 3.05) is 6.61 Å². The van der Waals surface area contributed by atoms with E-state index in [-0.39, 0.29) is 12.4 Å². The maximum atomic E-state index is 13.2. The second-order valence-corrected chi connectivity index (χ2v) is 9.73. The number of nitrogens with one attached hydrogen (secondary N) is 1. The van der Waals surface area contributed by atoms with Crippen LogP contribution in [0.4, 0.5) is 0 Å². The predicted octanol–water partition coefficient (Wildman–Crippen LogP) is 5.61. The molecule has 214 valence electrons. The summed E-state index contributed by atoms with van der Waals surface area (Å²) < 4.78 is 23.7. The zero-order valence-electron chi connectivity index (χ0n) is 22.8. The van der Waals surface area contributed by atoms with Crippen molar-refractivity contribution in [3.05, 3.63) is 144 Å². The van der Waals surface area contributed by atoms with E-state index in [9.17, 15) is 14.4 Å². The summed E-state index contributed by atoms with van der Waals surface area (Å²) in [6.07, 6.45) is -1.80. The van der Waals surface area contributed by atoms with Gasteiger partial charge in [0.25, 0.3) is 0 Å². The summed E-state index contributed by atoms with van der Waals surface area (Å²) in [4.78, 5) is 47.1. The highest BCUT2D eigenvalue weighted by Crippen LogP contribution is 2.31. The Bertz CT molecular complexity index is 1740. The number of carbonyl (C=O) groups is 3. The fraction of sp³-hybridized carbons (Fsp3) is 0.118. The summed E-state index contributed by atoms with van der Waals surface area (Å²) in [7, 11) is 0. The van der Waals surface area contributed by atoms with Gasteiger partial charge in [-0.1, -0.05) is 66.7 Å². The molecular formula is C34H26N2O7. The van der Waals surface area contributed by atoms with Gasteiger partial charge in [0.05, 0.1) is 27.7 Å². The maximum Gasteiger partial charge on any atom is 0.338 e. The van der Waals surface area contributed by atoms with Gasteiger partial charge in [-0.05, 0) is 48.5 Å². The molecule has 0 fully saturated rings. The number of ether oxygens (including phenoxy) is 4. The fourth-order valence-corrected chi connectivity index (χ4v) is 4.65. The highest BCUT2D eigenvalue weighted by molar-refractivity contribution is 5.91. The Hall–Kier alpha value is -5.70. The third kappa shape index (κ3) is 6.31. The van der Waals surface area contributed by atoms with Crippen molar-refractivity contribution in [3.63, 3.8) is 0 Å². The normalized spacial score (nSPS) is 17.8. The van der Waals surface area contributed by atoms with Gasteiger partial charge in [0.15, 0.2) is 29.9 Å². The molecule has 1 N–H and O–H groups in total. The first-order valence-corrected chi connectivity index (χ1v) is 13.6. The highest BCUT2D eigenvalue weighted by atomic mass is 16.6. The molecule has 1 aromatic heterocycles. The highest BCUT2D eigenvalue weighted by Gasteiger charge is 2.42. The van der Waals surface area contributed by atoms with Crippen molar-refractivity contribution < 1.29 is 33.3 Å². The molecule has 1 aliphatic rings. The molecule has 9 heteroatoms. The lowest BCUT2D eigenvalue weighted by atomic mass is 10.0. The lowest BCUT2D eigenvalue weighted by Gasteiger charge is -2.35. The molecule has 43 heavy (non-hydrogen) atoms. The molecule has 9 nitrogen and oxygen atoms in total. The number of fused-ring (bicyclic) bond motifs is 1. The molecule has 0 spiro atoms. The van der Waals surface area contributed by atoms with E-state index in [2.05, 4.69) is 9.97 Å². The molecule has 0 aliphatic carbocycles. The number of H-pyrrole nitrogens is 1. The standard InChI is InChI=1S/C34H26N2O7/c37-32(22-12-4-1-5-13-22)40-21-29-30(43-34(39)24-16-8-3-9-17-24)27(42-33(38)23-14-6-2-7-15-23)20-28(41-29)31-35-25-18-10-11-19-26(25)36-31/h1-20,27,29-30H,21H2,(H,35,36)/t27-,29-,30+/m1/s1. The average Bonchev–Trinajstić information content (AvgIpc) is 3.50. The molecule has 1 aliphatic heterocycles. The van der Waals surface area contributed by atoms with Crippen LogP contribution in [0.25, 0.3) is 16.8 Å². The van der Waals surface area contributed by atoms with Gasteiger partial charge in [0.2, 0.25) is 0 Å². The van der Waals surface area contributed by atoms with Crippen LogP contribution in [-0.2, 0) is 18.9 Å². The molecule has 3 atom stereocenters. The third-order valence-electron chi connectivity index (χ3n) is 6.80. The summed E-state index contributed by atoms with van der Waals surface area (Å²) in [6.45, 7) is -0.308. The Morgan fingerprint density at radius 3 is 1.81 bits per heavy atom. The number of aromatic nitrogens is 2. The van der Waals surface area contributed by atoms with Gasteiger partial charge in [0, 0.05) is 6.08 Å². The van der Waals surface area contributed by atoms with Crippen molar-refractivity contribution in [1.29, 1.82) is 0 Å². The molecule has 0 radical (unpaired) electrons. The minimum Gasteiger partial charge on any atom is -0.479 e. The van der Waals surface area contributed by atoms with Crippen LogP contribution in [0.5, 0.6) is 0 Å². The molecule has 2 heterocycles. The molecule has 0 saturated heterocycles. The number of benzene rings is 4. The zero-order chi connectivity index (χ0) is 29.6. The smallest absolute Gasteiger partial charge is 0.338 e. The Morgan fingerprint density at radius 2 is 1.21 bits per heavy atom. The molecular weight excluding hydrogens is 548 g/mol. The number of para-hydroxylation sites is 2. The summed E-state index contributed by atoms with van der Waals surface area (Å²) in [5.74, 6) is -1.26. The Balaban J connectivity index is 1.36. The number of imidazole rings is 1. The first-order valence-electron chi connectivity index (χ1n) is 13.6. The maximum absolute atomic E-state index is 13.2. The minimum atomic E-state index is -1.17. The number of carbonyl (C=O) groups excluding carboxylic acids is 3. The van der Waals surface area contributed by atoms with Crippen LogP contribution < -0.4 is 0 Å². The largest absolute Gasteiger partial charge is 0.479 e. The van der Waals surface area contributed by atoms with Crippen LogP contribution in [0, 0.1) is 0 Å². The van der Waals surface area contributed by atoms with E-state index in [1.807, 2.05) is 24.3 Å². The van der Waals surface area contributed by atoms with Crippen molar-refractivity contribution in [2.24, 2.45) is 0 Å². The number of esters is 3. The van der Waals surface area contributed by atoms with Gasteiger partial charge in [-0.15, -0.1) is 0 Å². The Labute approximate surface area is 246 Å². The SMILES string of the molecule is O=C(OC[C@H]1OC(c2nc3ccccc3[nH]2)=C[C@@H](OC(=O)c2ccccc2)[C@@H]1OC(=O)c1ccccc1)c1ccccc1. The van der Waals surface area contributed by atoms with Gasteiger partial charge in [-0.25, -0.2) is 19.4 Å². The summed E-state index contributed by atoms with van der Waals surface area (Å²) >= 11 is 0. The Morgan fingerprint density at radius 1 is 0.674 bits per heavy atom. The monoisotopic (exact) mass is 574 g/mol. The van der Waals surface area contributed by atoms with Crippen LogP contribution in [0.3, 0.4) is 0 Å².